The molecule has 2 aromatic rings. The van der Waals surface area contributed by atoms with Crippen LogP contribution in [0, 0.1) is 6.92 Å². The summed E-state index contributed by atoms with van der Waals surface area (Å²) in [4.78, 5) is 0.943. The van der Waals surface area contributed by atoms with Gasteiger partial charge in [0, 0.05) is 14.4 Å². The number of thiophene rings is 1. The van der Waals surface area contributed by atoms with Crippen LogP contribution in [0.25, 0.3) is 0 Å². The van der Waals surface area contributed by atoms with Crippen molar-refractivity contribution < 1.29 is 8.42 Å². The molecule has 0 radical (unpaired) electrons. The second kappa shape index (κ2) is 6.66. The first kappa shape index (κ1) is 16.8. The quantitative estimate of drug-likeness (QED) is 0.789. The summed E-state index contributed by atoms with van der Waals surface area (Å²) in [5.41, 5.74) is 6.76. The lowest BCUT2D eigenvalue weighted by atomic mass is 10.2. The second-order valence-corrected chi connectivity index (χ2v) is 8.79. The third-order valence-electron chi connectivity index (χ3n) is 2.79. The van der Waals surface area contributed by atoms with Crippen molar-refractivity contribution in [2.75, 3.05) is 11.3 Å². The minimum atomic E-state index is -3.62. The monoisotopic (exact) mass is 408 g/mol. The Morgan fingerprint density at radius 1 is 1.38 bits per heavy atom. The molecule has 3 N–H and O–H groups in total. The molecule has 1 heterocycles. The first-order chi connectivity index (χ1) is 9.83. The van der Waals surface area contributed by atoms with Crippen LogP contribution in [0.4, 0.5) is 5.69 Å². The summed E-state index contributed by atoms with van der Waals surface area (Å²) in [5.74, 6) is 0. The molecule has 0 saturated carbocycles. The molecule has 0 amide bonds. The Bertz CT molecular complexity index is 760. The van der Waals surface area contributed by atoms with Gasteiger partial charge in [0.2, 0.25) is 0 Å². The lowest BCUT2D eigenvalue weighted by Gasteiger charge is -2.10. The average Bonchev–Trinajstić information content (AvgIpc) is 2.86. The van der Waals surface area contributed by atoms with Crippen LogP contribution in [0.3, 0.4) is 0 Å². The summed E-state index contributed by atoms with van der Waals surface area (Å²) in [5, 5.41) is 0.505. The van der Waals surface area contributed by atoms with E-state index in [0.717, 1.165) is 10.4 Å². The highest BCUT2D eigenvalue weighted by molar-refractivity contribution is 9.10. The maximum absolute atomic E-state index is 12.4. The molecule has 0 aliphatic carbocycles. The summed E-state index contributed by atoms with van der Waals surface area (Å²) < 4.78 is 28.2. The summed E-state index contributed by atoms with van der Waals surface area (Å²) in [7, 11) is -3.62. The molecule has 0 spiro atoms. The van der Waals surface area contributed by atoms with Crippen LogP contribution in [0.1, 0.15) is 10.4 Å². The standard InChI is InChI=1S/C13H14BrClN2O2S2/c1-8-6-10(14)12(7-11(8)15)17-21(18,19)13-3-2-9(20-13)4-5-16/h2-3,6-7,17H,4-5,16H2,1H3. The lowest BCUT2D eigenvalue weighted by molar-refractivity contribution is 0.603. The Morgan fingerprint density at radius 2 is 2.10 bits per heavy atom. The fraction of sp³-hybridized carbons (Fsp3) is 0.231. The van der Waals surface area contributed by atoms with Crippen LogP contribution < -0.4 is 10.5 Å². The highest BCUT2D eigenvalue weighted by Crippen LogP contribution is 2.32. The van der Waals surface area contributed by atoms with Gasteiger partial charge in [-0.2, -0.15) is 0 Å². The van der Waals surface area contributed by atoms with Gasteiger partial charge in [0.05, 0.1) is 5.69 Å². The zero-order valence-corrected chi connectivity index (χ0v) is 15.2. The molecule has 114 valence electrons. The normalized spacial score (nSPS) is 11.6. The van der Waals surface area contributed by atoms with Gasteiger partial charge in [0.15, 0.2) is 0 Å². The molecule has 0 bridgehead atoms. The van der Waals surface area contributed by atoms with Gasteiger partial charge in [-0.05, 0) is 65.6 Å². The van der Waals surface area contributed by atoms with Gasteiger partial charge in [-0.15, -0.1) is 11.3 Å². The molecular weight excluding hydrogens is 396 g/mol. The molecule has 0 aliphatic rings. The van der Waals surface area contributed by atoms with Crippen molar-refractivity contribution in [3.8, 4) is 0 Å². The van der Waals surface area contributed by atoms with Crippen molar-refractivity contribution in [3.05, 3.63) is 44.2 Å². The number of nitrogens with two attached hydrogens (primary N) is 1. The van der Waals surface area contributed by atoms with Crippen LogP contribution >= 0.6 is 38.9 Å². The van der Waals surface area contributed by atoms with E-state index in [-0.39, 0.29) is 4.21 Å². The average molecular weight is 410 g/mol. The molecule has 0 unspecified atom stereocenters. The molecular formula is C13H14BrClN2O2S2. The Morgan fingerprint density at radius 3 is 2.76 bits per heavy atom. The Labute approximate surface area is 141 Å². The molecule has 0 saturated heterocycles. The number of halogens is 2. The molecule has 0 aliphatic heterocycles. The first-order valence-corrected chi connectivity index (χ1v) is 9.58. The van der Waals surface area contributed by atoms with E-state index < -0.39 is 10.0 Å². The smallest absolute Gasteiger partial charge is 0.271 e. The van der Waals surface area contributed by atoms with E-state index in [2.05, 4.69) is 20.7 Å². The lowest BCUT2D eigenvalue weighted by Crippen LogP contribution is -2.12. The predicted molar refractivity (Wildman–Crippen MR) is 91.8 cm³/mol. The van der Waals surface area contributed by atoms with E-state index in [1.807, 2.05) is 6.92 Å². The number of sulfonamides is 1. The van der Waals surface area contributed by atoms with Crippen LogP contribution in [-0.4, -0.2) is 15.0 Å². The van der Waals surface area contributed by atoms with Crippen LogP contribution in [0.5, 0.6) is 0 Å². The van der Waals surface area contributed by atoms with E-state index in [4.69, 9.17) is 17.3 Å². The Balaban J connectivity index is 2.30. The number of aryl methyl sites for hydroxylation is 1. The van der Waals surface area contributed by atoms with E-state index in [1.54, 1.807) is 24.3 Å². The van der Waals surface area contributed by atoms with Crippen molar-refractivity contribution in [1.82, 2.24) is 0 Å². The van der Waals surface area contributed by atoms with Gasteiger partial charge < -0.3 is 5.73 Å². The molecule has 0 fully saturated rings. The number of rotatable bonds is 5. The number of anilines is 1. The highest BCUT2D eigenvalue weighted by Gasteiger charge is 2.18. The maximum Gasteiger partial charge on any atom is 0.271 e. The molecule has 1 aromatic heterocycles. The third-order valence-corrected chi connectivity index (χ3v) is 6.85. The number of hydrogen-bond acceptors (Lipinski definition) is 4. The summed E-state index contributed by atoms with van der Waals surface area (Å²) in [6, 6.07) is 6.73. The van der Waals surface area contributed by atoms with E-state index in [0.29, 0.717) is 28.1 Å². The molecule has 8 heteroatoms. The summed E-state index contributed by atoms with van der Waals surface area (Å²) in [6.45, 7) is 2.34. The third kappa shape index (κ3) is 3.98. The predicted octanol–water partition coefficient (Wildman–Crippen LogP) is 3.77. The molecule has 1 aromatic carbocycles. The van der Waals surface area contributed by atoms with Crippen molar-refractivity contribution in [2.24, 2.45) is 5.73 Å². The largest absolute Gasteiger partial charge is 0.330 e. The number of benzene rings is 1. The van der Waals surface area contributed by atoms with Crippen molar-refractivity contribution in [1.29, 1.82) is 0 Å². The van der Waals surface area contributed by atoms with Crippen molar-refractivity contribution >= 4 is 54.6 Å². The van der Waals surface area contributed by atoms with Crippen molar-refractivity contribution in [3.63, 3.8) is 0 Å². The highest BCUT2D eigenvalue weighted by atomic mass is 79.9. The van der Waals surface area contributed by atoms with E-state index in [9.17, 15) is 8.42 Å². The minimum absolute atomic E-state index is 0.259. The van der Waals surface area contributed by atoms with Gasteiger partial charge in [0.1, 0.15) is 4.21 Å². The molecule has 2 rings (SSSR count). The topological polar surface area (TPSA) is 72.2 Å². The second-order valence-electron chi connectivity index (χ2n) is 4.45. The Kier molecular flexibility index (Phi) is 5.32. The maximum atomic E-state index is 12.4. The zero-order valence-electron chi connectivity index (χ0n) is 11.2. The van der Waals surface area contributed by atoms with Crippen LogP contribution in [0.2, 0.25) is 5.02 Å². The number of nitrogens with one attached hydrogen (secondary N) is 1. The fourth-order valence-electron chi connectivity index (χ4n) is 1.70. The SMILES string of the molecule is Cc1cc(Br)c(NS(=O)(=O)c2ccc(CCN)s2)cc1Cl. The van der Waals surface area contributed by atoms with Gasteiger partial charge in [0.25, 0.3) is 10.0 Å². The first-order valence-electron chi connectivity index (χ1n) is 6.10. The van der Waals surface area contributed by atoms with Crippen molar-refractivity contribution in [2.45, 2.75) is 17.6 Å². The zero-order chi connectivity index (χ0) is 15.6. The Hall–Kier alpha value is -0.600. The molecule has 4 nitrogen and oxygen atoms in total. The minimum Gasteiger partial charge on any atom is -0.330 e. The summed E-state index contributed by atoms with van der Waals surface area (Å²) >= 11 is 10.6. The van der Waals surface area contributed by atoms with Gasteiger partial charge in [-0.1, -0.05) is 11.6 Å². The van der Waals surface area contributed by atoms with Crippen LogP contribution in [-0.2, 0) is 16.4 Å². The number of hydrogen-bond donors (Lipinski definition) is 2. The molecule has 0 atom stereocenters. The fourth-order valence-corrected chi connectivity index (χ4v) is 4.99. The molecule has 21 heavy (non-hydrogen) atoms. The van der Waals surface area contributed by atoms with Gasteiger partial charge in [-0.3, -0.25) is 4.72 Å². The van der Waals surface area contributed by atoms with E-state index >= 15 is 0 Å². The van der Waals surface area contributed by atoms with Crippen LogP contribution in [0.15, 0.2) is 32.9 Å². The van der Waals surface area contributed by atoms with Gasteiger partial charge in [-0.25, -0.2) is 8.42 Å². The van der Waals surface area contributed by atoms with E-state index in [1.165, 1.54) is 11.3 Å². The summed E-state index contributed by atoms with van der Waals surface area (Å²) in [6.07, 6.45) is 0.667. The van der Waals surface area contributed by atoms with Gasteiger partial charge >= 0.3 is 0 Å².